The van der Waals surface area contributed by atoms with E-state index in [1.807, 2.05) is 34.6 Å². The summed E-state index contributed by atoms with van der Waals surface area (Å²) in [6.07, 6.45) is 1.87. The van der Waals surface area contributed by atoms with E-state index in [2.05, 4.69) is 0 Å². The maximum atomic E-state index is 10.9. The van der Waals surface area contributed by atoms with Gasteiger partial charge >= 0.3 is 0 Å². The summed E-state index contributed by atoms with van der Waals surface area (Å²) in [5.41, 5.74) is -0.224. The zero-order valence-electron chi connectivity index (χ0n) is 11.1. The second-order valence-corrected chi connectivity index (χ2v) is 6.74. The lowest BCUT2D eigenvalue weighted by Crippen LogP contribution is -2.33. The van der Waals surface area contributed by atoms with Gasteiger partial charge in [-0.3, -0.25) is 4.18 Å². The molecule has 0 saturated carbocycles. The lowest BCUT2D eigenvalue weighted by molar-refractivity contribution is -0.0826. The van der Waals surface area contributed by atoms with E-state index in [4.69, 9.17) is 8.92 Å². The van der Waals surface area contributed by atoms with Crippen LogP contribution in [0.15, 0.2) is 0 Å². The molecule has 0 N–H and O–H groups in total. The summed E-state index contributed by atoms with van der Waals surface area (Å²) in [4.78, 5) is 0. The lowest BCUT2D eigenvalue weighted by atomic mass is 10.0. The molecule has 4 nitrogen and oxygen atoms in total. The monoisotopic (exact) mass is 252 g/mol. The van der Waals surface area contributed by atoms with Gasteiger partial charge in [-0.1, -0.05) is 6.92 Å². The van der Waals surface area contributed by atoms with E-state index in [0.717, 1.165) is 12.7 Å². The van der Waals surface area contributed by atoms with Crippen molar-refractivity contribution < 1.29 is 17.3 Å². The molecule has 0 aliphatic heterocycles. The first-order chi connectivity index (χ1) is 7.05. The van der Waals surface area contributed by atoms with Gasteiger partial charge in [0, 0.05) is 5.92 Å². The Kier molecular flexibility index (Phi) is 5.93. The predicted molar refractivity (Wildman–Crippen MR) is 64.9 cm³/mol. The van der Waals surface area contributed by atoms with Gasteiger partial charge in [0.05, 0.1) is 24.6 Å². The molecule has 98 valence electrons. The minimum Gasteiger partial charge on any atom is -0.373 e. The molecule has 0 bridgehead atoms. The van der Waals surface area contributed by atoms with Crippen LogP contribution < -0.4 is 0 Å². The molecule has 2 atom stereocenters. The van der Waals surface area contributed by atoms with Gasteiger partial charge in [0.2, 0.25) is 0 Å². The van der Waals surface area contributed by atoms with Gasteiger partial charge in [-0.15, -0.1) is 0 Å². The fourth-order valence-electron chi connectivity index (χ4n) is 1.45. The van der Waals surface area contributed by atoms with Crippen LogP contribution in [0.25, 0.3) is 0 Å². The maximum Gasteiger partial charge on any atom is 0.264 e. The minimum absolute atomic E-state index is 0.0215. The Bertz CT molecular complexity index is 290. The molecule has 0 fully saturated rings. The highest BCUT2D eigenvalue weighted by atomic mass is 32.2. The molecule has 0 amide bonds. The molecule has 0 aromatic heterocycles. The first kappa shape index (κ1) is 15.9. The quantitative estimate of drug-likeness (QED) is 0.680. The highest BCUT2D eigenvalue weighted by Gasteiger charge is 2.23. The van der Waals surface area contributed by atoms with Gasteiger partial charge in [0.1, 0.15) is 0 Å². The van der Waals surface area contributed by atoms with E-state index < -0.39 is 10.1 Å². The third-order valence-electron chi connectivity index (χ3n) is 2.22. The van der Waals surface area contributed by atoms with Gasteiger partial charge in [0.15, 0.2) is 0 Å². The average molecular weight is 252 g/mol. The van der Waals surface area contributed by atoms with Crippen LogP contribution >= 0.6 is 0 Å². The Morgan fingerprint density at radius 2 is 1.75 bits per heavy atom. The summed E-state index contributed by atoms with van der Waals surface area (Å²) in [7, 11) is -3.36. The van der Waals surface area contributed by atoms with Crippen molar-refractivity contribution in [2.75, 3.05) is 12.9 Å². The third kappa shape index (κ3) is 8.07. The van der Waals surface area contributed by atoms with Crippen LogP contribution in [0.4, 0.5) is 0 Å². The Morgan fingerprint density at radius 3 is 2.06 bits per heavy atom. The maximum absolute atomic E-state index is 10.9. The number of rotatable bonds is 6. The van der Waals surface area contributed by atoms with E-state index >= 15 is 0 Å². The van der Waals surface area contributed by atoms with Gasteiger partial charge in [-0.2, -0.15) is 8.42 Å². The number of ether oxygens (including phenoxy) is 1. The fraction of sp³-hybridized carbons (Fsp3) is 1.00. The third-order valence-corrected chi connectivity index (χ3v) is 2.79. The zero-order valence-corrected chi connectivity index (χ0v) is 11.9. The topological polar surface area (TPSA) is 52.6 Å². The summed E-state index contributed by atoms with van der Waals surface area (Å²) in [5.74, 6) is 0.0916. The molecule has 0 aliphatic carbocycles. The summed E-state index contributed by atoms with van der Waals surface area (Å²) in [6.45, 7) is 10.1. The standard InChI is InChI=1S/C11H24O4S/c1-7-10(8-14-16(6,12)13)9(2)15-11(3,4)5/h9-10H,7-8H2,1-6H3. The van der Waals surface area contributed by atoms with Crippen molar-refractivity contribution in [2.45, 2.75) is 52.7 Å². The normalized spacial score (nSPS) is 17.1. The summed E-state index contributed by atoms with van der Waals surface area (Å²) in [6, 6.07) is 0. The van der Waals surface area contributed by atoms with Gasteiger partial charge in [-0.05, 0) is 34.1 Å². The Balaban J connectivity index is 4.28. The van der Waals surface area contributed by atoms with Crippen LogP contribution in [0.2, 0.25) is 0 Å². The molecule has 0 aromatic rings. The molecule has 0 spiro atoms. The molecule has 2 unspecified atom stereocenters. The molecule has 0 rings (SSSR count). The van der Waals surface area contributed by atoms with Crippen molar-refractivity contribution in [1.82, 2.24) is 0 Å². The molecule has 0 aliphatic rings. The van der Waals surface area contributed by atoms with Crippen molar-refractivity contribution in [3.8, 4) is 0 Å². The summed E-state index contributed by atoms with van der Waals surface area (Å²) < 4.78 is 32.4. The first-order valence-electron chi connectivity index (χ1n) is 5.57. The first-order valence-corrected chi connectivity index (χ1v) is 7.39. The highest BCUT2D eigenvalue weighted by Crippen LogP contribution is 2.19. The predicted octanol–water partition coefficient (Wildman–Crippen LogP) is 2.19. The number of hydrogen-bond acceptors (Lipinski definition) is 4. The SMILES string of the molecule is CCC(COS(C)(=O)=O)C(C)OC(C)(C)C. The van der Waals surface area contributed by atoms with E-state index in [1.54, 1.807) is 0 Å². The largest absolute Gasteiger partial charge is 0.373 e. The molecule has 16 heavy (non-hydrogen) atoms. The Hall–Kier alpha value is -0.130. The molecular weight excluding hydrogens is 228 g/mol. The van der Waals surface area contributed by atoms with Crippen molar-refractivity contribution in [3.05, 3.63) is 0 Å². The van der Waals surface area contributed by atoms with Crippen molar-refractivity contribution in [1.29, 1.82) is 0 Å². The van der Waals surface area contributed by atoms with Crippen molar-refractivity contribution >= 4 is 10.1 Å². The fourth-order valence-corrected chi connectivity index (χ4v) is 1.87. The van der Waals surface area contributed by atoms with Gasteiger partial charge < -0.3 is 4.74 Å². The van der Waals surface area contributed by atoms with Crippen LogP contribution in [-0.2, 0) is 19.0 Å². The van der Waals surface area contributed by atoms with Crippen LogP contribution in [0.3, 0.4) is 0 Å². The van der Waals surface area contributed by atoms with Crippen LogP contribution in [0, 0.1) is 5.92 Å². The Morgan fingerprint density at radius 1 is 1.25 bits per heavy atom. The van der Waals surface area contributed by atoms with Crippen molar-refractivity contribution in [3.63, 3.8) is 0 Å². The van der Waals surface area contributed by atoms with Crippen LogP contribution in [-0.4, -0.2) is 33.0 Å². The average Bonchev–Trinajstić information content (AvgIpc) is 1.99. The van der Waals surface area contributed by atoms with Gasteiger partial charge in [0.25, 0.3) is 10.1 Å². The van der Waals surface area contributed by atoms with E-state index in [0.29, 0.717) is 0 Å². The lowest BCUT2D eigenvalue weighted by Gasteiger charge is -2.30. The summed E-state index contributed by atoms with van der Waals surface area (Å²) in [5, 5.41) is 0. The second kappa shape index (κ2) is 5.98. The minimum atomic E-state index is -3.36. The molecule has 0 heterocycles. The highest BCUT2D eigenvalue weighted by molar-refractivity contribution is 7.85. The molecule has 0 aromatic carbocycles. The zero-order chi connectivity index (χ0) is 13.0. The Labute approximate surface area is 99.5 Å². The van der Waals surface area contributed by atoms with Crippen molar-refractivity contribution in [2.24, 2.45) is 5.92 Å². The summed E-state index contributed by atoms with van der Waals surface area (Å²) >= 11 is 0. The van der Waals surface area contributed by atoms with Crippen LogP contribution in [0.5, 0.6) is 0 Å². The molecule has 5 heteroatoms. The number of hydrogen-bond donors (Lipinski definition) is 0. The molecule has 0 radical (unpaired) electrons. The molecular formula is C11H24O4S. The van der Waals surface area contributed by atoms with Gasteiger partial charge in [-0.25, -0.2) is 0 Å². The van der Waals surface area contributed by atoms with E-state index in [9.17, 15) is 8.42 Å². The second-order valence-electron chi connectivity index (χ2n) is 5.09. The van der Waals surface area contributed by atoms with Crippen LogP contribution in [0.1, 0.15) is 41.0 Å². The smallest absolute Gasteiger partial charge is 0.264 e. The van der Waals surface area contributed by atoms with E-state index in [1.165, 1.54) is 0 Å². The molecule has 0 saturated heterocycles. The van der Waals surface area contributed by atoms with E-state index in [-0.39, 0.29) is 24.2 Å².